The number of thioether (sulfide) groups is 1. The summed E-state index contributed by atoms with van der Waals surface area (Å²) in [6.07, 6.45) is 9.52. The Balaban J connectivity index is 1.85. The Labute approximate surface area is 121 Å². The van der Waals surface area contributed by atoms with Crippen molar-refractivity contribution in [3.63, 3.8) is 0 Å². The van der Waals surface area contributed by atoms with Crippen molar-refractivity contribution in [1.82, 2.24) is 10.2 Å². The van der Waals surface area contributed by atoms with E-state index in [1.54, 1.807) is 0 Å². The van der Waals surface area contributed by atoms with Gasteiger partial charge in [-0.05, 0) is 50.5 Å². The van der Waals surface area contributed by atoms with E-state index in [2.05, 4.69) is 18.5 Å². The molecule has 4 unspecified atom stereocenters. The molecule has 0 aromatic rings. The number of likely N-dealkylation sites (N-methyl/N-ethyl adjacent to an activating group) is 1. The molecule has 110 valence electrons. The number of hydrogen-bond donors (Lipinski definition) is 1. The van der Waals surface area contributed by atoms with Gasteiger partial charge in [-0.1, -0.05) is 12.8 Å². The Hall–Kier alpha value is -0.220. The lowest BCUT2D eigenvalue weighted by Gasteiger charge is -2.28. The number of hydrogen-bond acceptors (Lipinski definition) is 3. The molecule has 4 atom stereocenters. The van der Waals surface area contributed by atoms with E-state index in [0.717, 1.165) is 24.5 Å². The summed E-state index contributed by atoms with van der Waals surface area (Å²) < 4.78 is 0. The second-order valence-electron chi connectivity index (χ2n) is 6.19. The average Bonchev–Trinajstić information content (AvgIpc) is 2.86. The van der Waals surface area contributed by atoms with Crippen LogP contribution >= 0.6 is 11.8 Å². The lowest BCUT2D eigenvalue weighted by Crippen LogP contribution is -2.47. The number of rotatable bonds is 5. The van der Waals surface area contributed by atoms with Crippen LogP contribution < -0.4 is 5.32 Å². The van der Waals surface area contributed by atoms with E-state index in [-0.39, 0.29) is 6.04 Å². The molecule has 1 aliphatic heterocycles. The van der Waals surface area contributed by atoms with Crippen LogP contribution in [-0.4, -0.2) is 48.0 Å². The predicted molar refractivity (Wildman–Crippen MR) is 82.5 cm³/mol. The summed E-state index contributed by atoms with van der Waals surface area (Å²) in [4.78, 5) is 14.5. The second-order valence-corrected chi connectivity index (χ2v) is 7.17. The maximum absolute atomic E-state index is 12.5. The van der Waals surface area contributed by atoms with Crippen molar-refractivity contribution < 1.29 is 4.79 Å². The van der Waals surface area contributed by atoms with Crippen LogP contribution in [0.4, 0.5) is 0 Å². The third-order valence-electron chi connectivity index (χ3n) is 4.91. The third-order valence-corrected chi connectivity index (χ3v) is 5.55. The Bertz CT molecular complexity index is 297. The summed E-state index contributed by atoms with van der Waals surface area (Å²) in [6, 6.07) is 1.04. The molecule has 2 fully saturated rings. The van der Waals surface area contributed by atoms with Gasteiger partial charge in [0.1, 0.15) is 0 Å². The molecule has 3 nitrogen and oxygen atoms in total. The van der Waals surface area contributed by atoms with Gasteiger partial charge in [0.25, 0.3) is 0 Å². The van der Waals surface area contributed by atoms with Crippen molar-refractivity contribution in [2.45, 2.75) is 63.6 Å². The fraction of sp³-hybridized carbons (Fsp3) is 0.933. The zero-order valence-corrected chi connectivity index (χ0v) is 13.3. The number of amides is 1. The van der Waals surface area contributed by atoms with Crippen molar-refractivity contribution in [1.29, 1.82) is 0 Å². The van der Waals surface area contributed by atoms with Crippen LogP contribution in [0.1, 0.15) is 45.4 Å². The highest BCUT2D eigenvalue weighted by molar-refractivity contribution is 7.98. The molecule has 2 aliphatic rings. The molecule has 1 saturated carbocycles. The Morgan fingerprint density at radius 3 is 2.84 bits per heavy atom. The normalized spacial score (nSPS) is 31.8. The summed E-state index contributed by atoms with van der Waals surface area (Å²) in [7, 11) is 1.97. The zero-order valence-electron chi connectivity index (χ0n) is 12.5. The van der Waals surface area contributed by atoms with E-state index >= 15 is 0 Å². The van der Waals surface area contributed by atoms with Crippen molar-refractivity contribution in [2.75, 3.05) is 19.1 Å². The molecule has 1 saturated heterocycles. The van der Waals surface area contributed by atoms with Crippen LogP contribution in [0.25, 0.3) is 0 Å². The van der Waals surface area contributed by atoms with E-state index in [9.17, 15) is 4.79 Å². The Morgan fingerprint density at radius 1 is 1.42 bits per heavy atom. The number of nitrogens with zero attached hydrogens (tertiary/aromatic N) is 1. The molecule has 1 N–H and O–H groups in total. The van der Waals surface area contributed by atoms with Gasteiger partial charge in [-0.25, -0.2) is 0 Å². The first-order valence-electron chi connectivity index (χ1n) is 7.65. The quantitative estimate of drug-likeness (QED) is 0.842. The summed E-state index contributed by atoms with van der Waals surface area (Å²) in [6.45, 7) is 2.16. The first-order valence-corrected chi connectivity index (χ1v) is 9.04. The number of nitrogens with one attached hydrogen (secondary N) is 1. The summed E-state index contributed by atoms with van der Waals surface area (Å²) >= 11 is 1.85. The van der Waals surface area contributed by atoms with Gasteiger partial charge >= 0.3 is 0 Å². The second kappa shape index (κ2) is 6.98. The minimum absolute atomic E-state index is 0.0785. The molecule has 1 amide bonds. The van der Waals surface area contributed by atoms with E-state index < -0.39 is 0 Å². The topological polar surface area (TPSA) is 32.3 Å². The molecule has 0 spiro atoms. The minimum Gasteiger partial charge on any atom is -0.342 e. The SMILES string of the molecule is CSCCC(C)N(C)C(=O)C1CC2CCCCC2N1. The summed E-state index contributed by atoms with van der Waals surface area (Å²) in [5.74, 6) is 2.18. The van der Waals surface area contributed by atoms with Crippen molar-refractivity contribution in [3.8, 4) is 0 Å². The monoisotopic (exact) mass is 284 g/mol. The maximum Gasteiger partial charge on any atom is 0.239 e. The standard InChI is InChI=1S/C15H28N2OS/c1-11(8-9-19-3)17(2)15(18)14-10-12-6-4-5-7-13(12)16-14/h11-14,16H,4-10H2,1-3H3. The number of carbonyl (C=O) groups is 1. The average molecular weight is 284 g/mol. The van der Waals surface area contributed by atoms with Crippen molar-refractivity contribution in [3.05, 3.63) is 0 Å². The molecule has 0 radical (unpaired) electrons. The first-order chi connectivity index (χ1) is 9.13. The van der Waals surface area contributed by atoms with Crippen molar-refractivity contribution >= 4 is 17.7 Å². The number of fused-ring (bicyclic) bond motifs is 1. The van der Waals surface area contributed by atoms with Gasteiger partial charge in [0, 0.05) is 19.1 Å². The van der Waals surface area contributed by atoms with Crippen LogP contribution in [-0.2, 0) is 4.79 Å². The van der Waals surface area contributed by atoms with E-state index in [1.165, 1.54) is 25.7 Å². The largest absolute Gasteiger partial charge is 0.342 e. The predicted octanol–water partition coefficient (Wildman–Crippen LogP) is 2.51. The molecule has 0 aromatic carbocycles. The van der Waals surface area contributed by atoms with E-state index in [0.29, 0.717) is 18.0 Å². The summed E-state index contributed by atoms with van der Waals surface area (Å²) in [5, 5.41) is 3.59. The molecule has 2 rings (SSSR count). The number of carbonyl (C=O) groups excluding carboxylic acids is 1. The molecule has 4 heteroatoms. The van der Waals surface area contributed by atoms with Crippen LogP contribution in [0.2, 0.25) is 0 Å². The molecule has 1 aliphatic carbocycles. The third kappa shape index (κ3) is 3.66. The Kier molecular flexibility index (Phi) is 5.58. The van der Waals surface area contributed by atoms with Gasteiger partial charge < -0.3 is 10.2 Å². The minimum atomic E-state index is 0.0785. The highest BCUT2D eigenvalue weighted by atomic mass is 32.2. The first kappa shape index (κ1) is 15.2. The lowest BCUT2D eigenvalue weighted by atomic mass is 9.85. The molecule has 0 aromatic heterocycles. The highest BCUT2D eigenvalue weighted by Crippen LogP contribution is 2.33. The molecular weight excluding hydrogens is 256 g/mol. The van der Waals surface area contributed by atoms with Crippen LogP contribution in [0, 0.1) is 5.92 Å². The molecule has 0 bridgehead atoms. The van der Waals surface area contributed by atoms with Gasteiger partial charge in [-0.2, -0.15) is 11.8 Å². The van der Waals surface area contributed by atoms with Crippen LogP contribution in [0.15, 0.2) is 0 Å². The van der Waals surface area contributed by atoms with Crippen molar-refractivity contribution in [2.24, 2.45) is 5.92 Å². The molecule has 19 heavy (non-hydrogen) atoms. The lowest BCUT2D eigenvalue weighted by molar-refractivity contribution is -0.133. The molecular formula is C15H28N2OS. The highest BCUT2D eigenvalue weighted by Gasteiger charge is 2.39. The summed E-state index contributed by atoms with van der Waals surface area (Å²) in [5.41, 5.74) is 0. The fourth-order valence-electron chi connectivity index (χ4n) is 3.46. The van der Waals surface area contributed by atoms with E-state index in [1.807, 2.05) is 23.7 Å². The van der Waals surface area contributed by atoms with Gasteiger partial charge in [0.2, 0.25) is 5.91 Å². The van der Waals surface area contributed by atoms with E-state index in [4.69, 9.17) is 0 Å². The smallest absolute Gasteiger partial charge is 0.239 e. The maximum atomic E-state index is 12.5. The van der Waals surface area contributed by atoms with Crippen LogP contribution in [0.5, 0.6) is 0 Å². The molecule has 1 heterocycles. The van der Waals surface area contributed by atoms with Gasteiger partial charge in [0.15, 0.2) is 0 Å². The van der Waals surface area contributed by atoms with Crippen LogP contribution in [0.3, 0.4) is 0 Å². The fourth-order valence-corrected chi connectivity index (χ4v) is 4.03. The van der Waals surface area contributed by atoms with Gasteiger partial charge in [-0.15, -0.1) is 0 Å². The zero-order chi connectivity index (χ0) is 13.8. The Morgan fingerprint density at radius 2 is 2.16 bits per heavy atom. The van der Waals surface area contributed by atoms with Gasteiger partial charge in [0.05, 0.1) is 6.04 Å². The van der Waals surface area contributed by atoms with Gasteiger partial charge in [-0.3, -0.25) is 4.79 Å².